The summed E-state index contributed by atoms with van der Waals surface area (Å²) in [5.74, 6) is -1.98. The second kappa shape index (κ2) is 11.7. The summed E-state index contributed by atoms with van der Waals surface area (Å²) in [6, 6.07) is 14.4. The molecule has 1 aliphatic heterocycles. The maximum absolute atomic E-state index is 13.3. The number of urea groups is 1. The minimum atomic E-state index is -0.930. The first-order valence-electron chi connectivity index (χ1n) is 11.2. The molecule has 1 N–H and O–H groups in total. The molecule has 0 radical (unpaired) electrons. The molecule has 0 saturated carbocycles. The highest BCUT2D eigenvalue weighted by molar-refractivity contribution is 6.39. The van der Waals surface area contributed by atoms with Crippen LogP contribution in [0.3, 0.4) is 0 Å². The van der Waals surface area contributed by atoms with Crippen molar-refractivity contribution in [2.24, 2.45) is 0 Å². The molecular formula is C27H19Cl3N2O6. The van der Waals surface area contributed by atoms with Gasteiger partial charge in [0.05, 0.1) is 17.9 Å². The molecule has 0 unspecified atom stereocenters. The van der Waals surface area contributed by atoms with Gasteiger partial charge in [0.2, 0.25) is 0 Å². The summed E-state index contributed by atoms with van der Waals surface area (Å²) < 4.78 is 10.8. The van der Waals surface area contributed by atoms with Crippen molar-refractivity contribution < 1.29 is 28.7 Å². The standard InChI is InChI=1S/C27H19Cl3N2O6/c1-2-37-26(35)15-4-8-20(9-5-15)32-25(34)21(24(33)31-27(32)36)12-17-11-18(28)7-10-23(17)38-14-16-3-6-19(29)13-22(16)30/h3-13H,2,14H2,1H3,(H,31,33,36)/b21-12+. The van der Waals surface area contributed by atoms with Crippen LogP contribution in [0.5, 0.6) is 5.75 Å². The first kappa shape index (κ1) is 27.2. The molecule has 1 saturated heterocycles. The van der Waals surface area contributed by atoms with E-state index in [1.54, 1.807) is 37.3 Å². The van der Waals surface area contributed by atoms with Crippen LogP contribution in [0.4, 0.5) is 10.5 Å². The average molecular weight is 574 g/mol. The maximum atomic E-state index is 13.3. The summed E-state index contributed by atoms with van der Waals surface area (Å²) in [5, 5.41) is 3.38. The van der Waals surface area contributed by atoms with Gasteiger partial charge in [-0.3, -0.25) is 14.9 Å². The highest BCUT2D eigenvalue weighted by Crippen LogP contribution is 2.30. The van der Waals surface area contributed by atoms with Gasteiger partial charge in [-0.2, -0.15) is 0 Å². The van der Waals surface area contributed by atoms with Crippen molar-refractivity contribution >= 4 is 70.4 Å². The smallest absolute Gasteiger partial charge is 0.338 e. The number of halogens is 3. The summed E-state index contributed by atoms with van der Waals surface area (Å²) in [6.07, 6.45) is 1.29. The van der Waals surface area contributed by atoms with Crippen LogP contribution in [0.2, 0.25) is 15.1 Å². The van der Waals surface area contributed by atoms with Crippen molar-refractivity contribution in [1.29, 1.82) is 0 Å². The number of anilines is 1. The number of esters is 1. The largest absolute Gasteiger partial charge is 0.488 e. The summed E-state index contributed by atoms with van der Waals surface area (Å²) >= 11 is 18.3. The molecule has 4 rings (SSSR count). The topological polar surface area (TPSA) is 102 Å². The third-order valence-electron chi connectivity index (χ3n) is 5.41. The van der Waals surface area contributed by atoms with E-state index in [1.807, 2.05) is 0 Å². The molecule has 0 spiro atoms. The highest BCUT2D eigenvalue weighted by Gasteiger charge is 2.37. The number of nitrogens with zero attached hydrogens (tertiary/aromatic N) is 1. The molecule has 0 atom stereocenters. The van der Waals surface area contributed by atoms with Crippen molar-refractivity contribution in [2.45, 2.75) is 13.5 Å². The molecule has 3 aromatic rings. The average Bonchev–Trinajstić information content (AvgIpc) is 2.87. The van der Waals surface area contributed by atoms with Crippen molar-refractivity contribution in [3.8, 4) is 5.75 Å². The number of carbonyl (C=O) groups is 4. The van der Waals surface area contributed by atoms with Crippen LogP contribution in [0.1, 0.15) is 28.4 Å². The Labute approximate surface area is 232 Å². The molecule has 38 heavy (non-hydrogen) atoms. The van der Waals surface area contributed by atoms with E-state index >= 15 is 0 Å². The van der Waals surface area contributed by atoms with Crippen molar-refractivity contribution in [3.05, 3.63) is 98.0 Å². The summed E-state index contributed by atoms with van der Waals surface area (Å²) in [6.45, 7) is 1.95. The summed E-state index contributed by atoms with van der Waals surface area (Å²) in [5.41, 5.74) is 1.07. The predicted octanol–water partition coefficient (Wildman–Crippen LogP) is 6.07. The summed E-state index contributed by atoms with van der Waals surface area (Å²) in [7, 11) is 0. The molecule has 0 aliphatic carbocycles. The maximum Gasteiger partial charge on any atom is 0.338 e. The van der Waals surface area contributed by atoms with Crippen molar-refractivity contribution in [3.63, 3.8) is 0 Å². The number of benzene rings is 3. The van der Waals surface area contributed by atoms with Crippen molar-refractivity contribution in [2.75, 3.05) is 11.5 Å². The molecular weight excluding hydrogens is 555 g/mol. The lowest BCUT2D eigenvalue weighted by atomic mass is 10.1. The molecule has 1 aliphatic rings. The van der Waals surface area contributed by atoms with Crippen LogP contribution < -0.4 is 15.0 Å². The van der Waals surface area contributed by atoms with Gasteiger partial charge in [-0.05, 0) is 67.6 Å². The van der Waals surface area contributed by atoms with Gasteiger partial charge >= 0.3 is 12.0 Å². The number of ether oxygens (including phenoxy) is 2. The fraction of sp³-hybridized carbons (Fsp3) is 0.111. The van der Waals surface area contributed by atoms with E-state index in [0.717, 1.165) is 4.90 Å². The van der Waals surface area contributed by atoms with Crippen LogP contribution in [-0.2, 0) is 20.9 Å². The van der Waals surface area contributed by atoms with E-state index in [-0.39, 0.29) is 30.0 Å². The number of carbonyl (C=O) groups excluding carboxylic acids is 4. The highest BCUT2D eigenvalue weighted by atomic mass is 35.5. The Morgan fingerprint density at radius 1 is 0.947 bits per heavy atom. The van der Waals surface area contributed by atoms with E-state index in [0.29, 0.717) is 31.9 Å². The molecule has 11 heteroatoms. The zero-order valence-corrected chi connectivity index (χ0v) is 22.1. The third kappa shape index (κ3) is 5.99. The molecule has 194 valence electrons. The fourth-order valence-corrected chi connectivity index (χ4v) is 4.21. The second-order valence-electron chi connectivity index (χ2n) is 7.93. The Kier molecular flexibility index (Phi) is 8.36. The molecule has 0 aromatic heterocycles. The normalized spacial score (nSPS) is 14.5. The van der Waals surface area contributed by atoms with Gasteiger partial charge in [-0.1, -0.05) is 40.9 Å². The predicted molar refractivity (Wildman–Crippen MR) is 144 cm³/mol. The number of barbiturate groups is 1. The number of imide groups is 2. The van der Waals surface area contributed by atoms with Gasteiger partial charge in [0.15, 0.2) is 0 Å². The SMILES string of the molecule is CCOC(=O)c1ccc(N2C(=O)NC(=O)/C(=C\c3cc(Cl)ccc3OCc3ccc(Cl)cc3Cl)C2=O)cc1. The Morgan fingerprint density at radius 3 is 2.32 bits per heavy atom. The second-order valence-corrected chi connectivity index (χ2v) is 9.21. The fourth-order valence-electron chi connectivity index (χ4n) is 3.57. The van der Waals surface area contributed by atoms with Gasteiger partial charge in [-0.15, -0.1) is 0 Å². The minimum absolute atomic E-state index is 0.0748. The van der Waals surface area contributed by atoms with Crippen molar-refractivity contribution in [1.82, 2.24) is 5.32 Å². The van der Waals surface area contributed by atoms with E-state index in [2.05, 4.69) is 5.32 Å². The number of rotatable bonds is 7. The van der Waals surface area contributed by atoms with E-state index in [4.69, 9.17) is 44.3 Å². The lowest BCUT2D eigenvalue weighted by molar-refractivity contribution is -0.122. The van der Waals surface area contributed by atoms with E-state index in [1.165, 1.54) is 36.4 Å². The first-order valence-corrected chi connectivity index (χ1v) is 12.4. The van der Waals surface area contributed by atoms with Crippen LogP contribution in [0.25, 0.3) is 6.08 Å². The van der Waals surface area contributed by atoms with Crippen LogP contribution in [-0.4, -0.2) is 30.4 Å². The molecule has 0 bridgehead atoms. The van der Waals surface area contributed by atoms with Crippen LogP contribution in [0, 0.1) is 0 Å². The van der Waals surface area contributed by atoms with Gasteiger partial charge in [-0.25, -0.2) is 14.5 Å². The lowest BCUT2D eigenvalue weighted by Crippen LogP contribution is -2.54. The number of hydrogen-bond acceptors (Lipinski definition) is 6. The monoisotopic (exact) mass is 572 g/mol. The molecule has 8 nitrogen and oxygen atoms in total. The third-order valence-corrected chi connectivity index (χ3v) is 6.23. The molecule has 1 fully saturated rings. The van der Waals surface area contributed by atoms with Crippen LogP contribution >= 0.6 is 34.8 Å². The Balaban J connectivity index is 1.63. The quantitative estimate of drug-likeness (QED) is 0.209. The van der Waals surface area contributed by atoms with Gasteiger partial charge in [0.25, 0.3) is 11.8 Å². The number of nitrogens with one attached hydrogen (secondary N) is 1. The molecule has 4 amide bonds. The zero-order chi connectivity index (χ0) is 27.4. The zero-order valence-electron chi connectivity index (χ0n) is 19.8. The number of hydrogen-bond donors (Lipinski definition) is 1. The van der Waals surface area contributed by atoms with Crippen LogP contribution in [0.15, 0.2) is 66.2 Å². The van der Waals surface area contributed by atoms with E-state index in [9.17, 15) is 19.2 Å². The summed E-state index contributed by atoms with van der Waals surface area (Å²) in [4.78, 5) is 51.2. The Bertz CT molecular complexity index is 1470. The van der Waals surface area contributed by atoms with E-state index < -0.39 is 23.8 Å². The number of amides is 4. The minimum Gasteiger partial charge on any atom is -0.488 e. The molecule has 1 heterocycles. The molecule has 3 aromatic carbocycles. The van der Waals surface area contributed by atoms with Gasteiger partial charge in [0.1, 0.15) is 17.9 Å². The Morgan fingerprint density at radius 2 is 1.63 bits per heavy atom. The van der Waals surface area contributed by atoms with Gasteiger partial charge in [0, 0.05) is 26.2 Å². The van der Waals surface area contributed by atoms with Gasteiger partial charge < -0.3 is 9.47 Å². The lowest BCUT2D eigenvalue weighted by Gasteiger charge is -2.26. The first-order chi connectivity index (χ1) is 18.2. The Hall–Kier alpha value is -3.85.